The fraction of sp³-hybridized carbons (Fsp3) is 0.273. The van der Waals surface area contributed by atoms with E-state index in [-0.39, 0.29) is 0 Å². The van der Waals surface area contributed by atoms with Gasteiger partial charge >= 0.3 is 0 Å². The van der Waals surface area contributed by atoms with Gasteiger partial charge in [-0.15, -0.1) is 0 Å². The van der Waals surface area contributed by atoms with Crippen molar-refractivity contribution in [1.82, 2.24) is 14.8 Å². The molecule has 0 fully saturated rings. The van der Waals surface area contributed by atoms with Crippen LogP contribution in [0.5, 0.6) is 5.75 Å². The Morgan fingerprint density at radius 3 is 2.76 bits per heavy atom. The summed E-state index contributed by atoms with van der Waals surface area (Å²) in [6, 6.07) is 3.52. The van der Waals surface area contributed by atoms with Crippen molar-refractivity contribution in [3.8, 4) is 5.75 Å². The van der Waals surface area contributed by atoms with E-state index in [2.05, 4.69) is 10.1 Å². The molecule has 2 rings (SSSR count). The Kier molecular flexibility index (Phi) is 3.54. The van der Waals surface area contributed by atoms with E-state index in [0.29, 0.717) is 22.5 Å². The van der Waals surface area contributed by atoms with Crippen LogP contribution < -0.4 is 4.74 Å². The second-order valence-corrected chi connectivity index (χ2v) is 4.29. The first kappa shape index (κ1) is 12.2. The van der Waals surface area contributed by atoms with Crippen molar-refractivity contribution in [2.75, 3.05) is 0 Å². The van der Waals surface area contributed by atoms with Crippen molar-refractivity contribution in [2.45, 2.75) is 13.5 Å². The maximum Gasteiger partial charge on any atom is 0.171 e. The Morgan fingerprint density at radius 2 is 2.18 bits per heavy atom. The van der Waals surface area contributed by atoms with E-state index >= 15 is 0 Å². The van der Waals surface area contributed by atoms with Crippen molar-refractivity contribution in [2.24, 2.45) is 7.05 Å². The summed E-state index contributed by atoms with van der Waals surface area (Å²) in [6.45, 7) is 2.16. The molecule has 17 heavy (non-hydrogen) atoms. The summed E-state index contributed by atoms with van der Waals surface area (Å²) in [7, 11) is 1.82. The minimum Gasteiger partial charge on any atom is -0.484 e. The van der Waals surface area contributed by atoms with E-state index < -0.39 is 0 Å². The highest BCUT2D eigenvalue weighted by atomic mass is 35.5. The van der Waals surface area contributed by atoms with Gasteiger partial charge in [0.1, 0.15) is 6.61 Å². The van der Waals surface area contributed by atoms with E-state index in [0.717, 1.165) is 11.4 Å². The summed E-state index contributed by atoms with van der Waals surface area (Å²) in [6.07, 6.45) is 1.61. The minimum absolute atomic E-state index is 0.307. The smallest absolute Gasteiger partial charge is 0.171 e. The molecule has 0 saturated heterocycles. The summed E-state index contributed by atoms with van der Waals surface area (Å²) in [5.41, 5.74) is 1.59. The first-order valence-corrected chi connectivity index (χ1v) is 5.76. The lowest BCUT2D eigenvalue weighted by atomic mass is 10.4. The van der Waals surface area contributed by atoms with Crippen LogP contribution in [0, 0.1) is 6.92 Å². The quantitative estimate of drug-likeness (QED) is 0.806. The molecule has 0 aromatic carbocycles. The van der Waals surface area contributed by atoms with Gasteiger partial charge in [0, 0.05) is 13.2 Å². The molecule has 4 nitrogen and oxygen atoms in total. The molecule has 2 aromatic rings. The largest absolute Gasteiger partial charge is 0.484 e. The maximum absolute atomic E-state index is 6.11. The van der Waals surface area contributed by atoms with Gasteiger partial charge in [0.25, 0.3) is 0 Å². The summed E-state index contributed by atoms with van der Waals surface area (Å²) in [5.74, 6) is 0.532. The zero-order chi connectivity index (χ0) is 12.4. The van der Waals surface area contributed by atoms with Crippen molar-refractivity contribution in [3.63, 3.8) is 0 Å². The average Bonchev–Trinajstić information content (AvgIpc) is 2.53. The lowest BCUT2D eigenvalue weighted by molar-refractivity contribution is 0.294. The monoisotopic (exact) mass is 271 g/mol. The van der Waals surface area contributed by atoms with Crippen LogP contribution in [0.2, 0.25) is 10.2 Å². The number of halogens is 2. The third-order valence-electron chi connectivity index (χ3n) is 2.35. The topological polar surface area (TPSA) is 39.9 Å². The molecule has 0 aliphatic heterocycles. The first-order chi connectivity index (χ1) is 8.09. The highest BCUT2D eigenvalue weighted by Gasteiger charge is 2.12. The SMILES string of the molecule is Cc1nn(C)c(COc2cccnc2Cl)c1Cl. The standard InChI is InChI=1S/C11H11Cl2N3O/c1-7-10(12)8(16(2)15-7)6-17-9-4-3-5-14-11(9)13/h3-5H,6H2,1-2H3. The Balaban J connectivity index is 2.15. The predicted molar refractivity (Wildman–Crippen MR) is 66.5 cm³/mol. The highest BCUT2D eigenvalue weighted by Crippen LogP contribution is 2.24. The molecule has 0 amide bonds. The van der Waals surface area contributed by atoms with E-state index in [4.69, 9.17) is 27.9 Å². The third-order valence-corrected chi connectivity index (χ3v) is 3.13. The fourth-order valence-corrected chi connectivity index (χ4v) is 1.85. The average molecular weight is 272 g/mol. The number of hydrogen-bond acceptors (Lipinski definition) is 3. The molecule has 2 aromatic heterocycles. The lowest BCUT2D eigenvalue weighted by Gasteiger charge is -2.07. The summed E-state index contributed by atoms with van der Waals surface area (Å²) in [5, 5.41) is 5.16. The van der Waals surface area contributed by atoms with Gasteiger partial charge in [-0.1, -0.05) is 23.2 Å². The van der Waals surface area contributed by atoms with Crippen LogP contribution in [0.4, 0.5) is 0 Å². The van der Waals surface area contributed by atoms with Crippen LogP contribution in [-0.4, -0.2) is 14.8 Å². The normalized spacial score (nSPS) is 10.6. The molecule has 6 heteroatoms. The molecule has 0 radical (unpaired) electrons. The summed E-state index contributed by atoms with van der Waals surface area (Å²) < 4.78 is 7.25. The van der Waals surface area contributed by atoms with Crippen LogP contribution in [0.25, 0.3) is 0 Å². The van der Waals surface area contributed by atoms with Gasteiger partial charge in [-0.3, -0.25) is 4.68 Å². The van der Waals surface area contributed by atoms with Crippen LogP contribution in [0.1, 0.15) is 11.4 Å². The van der Waals surface area contributed by atoms with E-state index in [1.165, 1.54) is 0 Å². The van der Waals surface area contributed by atoms with Crippen molar-refractivity contribution in [3.05, 3.63) is 39.9 Å². The van der Waals surface area contributed by atoms with Crippen molar-refractivity contribution in [1.29, 1.82) is 0 Å². The molecule has 2 heterocycles. The van der Waals surface area contributed by atoms with Crippen LogP contribution in [-0.2, 0) is 13.7 Å². The Labute approximate surface area is 109 Å². The van der Waals surface area contributed by atoms with Gasteiger partial charge in [0.15, 0.2) is 10.9 Å². The maximum atomic E-state index is 6.11. The number of aryl methyl sites for hydroxylation is 2. The molecular weight excluding hydrogens is 261 g/mol. The second kappa shape index (κ2) is 4.94. The first-order valence-electron chi connectivity index (χ1n) is 5.01. The molecule has 0 unspecified atom stereocenters. The van der Waals surface area contributed by atoms with Crippen LogP contribution >= 0.6 is 23.2 Å². The van der Waals surface area contributed by atoms with Gasteiger partial charge in [0.05, 0.1) is 16.4 Å². The molecule has 0 saturated carbocycles. The van der Waals surface area contributed by atoms with Gasteiger partial charge in [-0.2, -0.15) is 5.10 Å². The Bertz CT molecular complexity index is 540. The van der Waals surface area contributed by atoms with Gasteiger partial charge < -0.3 is 4.74 Å². The van der Waals surface area contributed by atoms with Crippen molar-refractivity contribution >= 4 is 23.2 Å². The Hall–Kier alpha value is -1.26. The predicted octanol–water partition coefficient (Wildman–Crippen LogP) is 3.01. The number of ether oxygens (including phenoxy) is 1. The zero-order valence-electron chi connectivity index (χ0n) is 9.44. The molecule has 0 atom stereocenters. The minimum atomic E-state index is 0.307. The second-order valence-electron chi connectivity index (χ2n) is 3.55. The molecule has 0 spiro atoms. The van der Waals surface area contributed by atoms with Crippen LogP contribution in [0.3, 0.4) is 0 Å². The van der Waals surface area contributed by atoms with E-state index in [9.17, 15) is 0 Å². The summed E-state index contributed by atoms with van der Waals surface area (Å²) in [4.78, 5) is 3.93. The number of aromatic nitrogens is 3. The molecule has 0 aliphatic rings. The molecule has 0 bridgehead atoms. The van der Waals surface area contributed by atoms with Crippen molar-refractivity contribution < 1.29 is 4.74 Å². The molecule has 90 valence electrons. The molecular formula is C11H11Cl2N3O. The lowest BCUT2D eigenvalue weighted by Crippen LogP contribution is -2.04. The van der Waals surface area contributed by atoms with Gasteiger partial charge in [0.2, 0.25) is 0 Å². The van der Waals surface area contributed by atoms with E-state index in [1.807, 2.05) is 14.0 Å². The van der Waals surface area contributed by atoms with Gasteiger partial charge in [-0.25, -0.2) is 4.98 Å². The number of pyridine rings is 1. The Morgan fingerprint density at radius 1 is 1.41 bits per heavy atom. The zero-order valence-corrected chi connectivity index (χ0v) is 11.0. The van der Waals surface area contributed by atoms with Gasteiger partial charge in [-0.05, 0) is 19.1 Å². The molecule has 0 N–H and O–H groups in total. The molecule has 0 aliphatic carbocycles. The fourth-order valence-electron chi connectivity index (χ4n) is 1.46. The highest BCUT2D eigenvalue weighted by molar-refractivity contribution is 6.32. The van der Waals surface area contributed by atoms with Crippen LogP contribution in [0.15, 0.2) is 18.3 Å². The number of nitrogens with zero attached hydrogens (tertiary/aromatic N) is 3. The van der Waals surface area contributed by atoms with E-state index in [1.54, 1.807) is 23.0 Å². The third kappa shape index (κ3) is 2.53. The number of hydrogen-bond donors (Lipinski definition) is 0. The summed E-state index contributed by atoms with van der Waals surface area (Å²) >= 11 is 12.0. The number of rotatable bonds is 3.